The van der Waals surface area contributed by atoms with E-state index in [1.165, 1.54) is 32.6 Å². The van der Waals surface area contributed by atoms with Crippen LogP contribution in [0.15, 0.2) is 23.2 Å². The number of carbonyl (C=O) groups is 3. The van der Waals surface area contributed by atoms with Gasteiger partial charge in [-0.1, -0.05) is 17.3 Å². The van der Waals surface area contributed by atoms with Crippen LogP contribution in [0, 0.1) is 18.2 Å². The Morgan fingerprint density at radius 3 is 2.50 bits per heavy atom. The fraction of sp³-hybridized carbons (Fsp3) is 0.429. The Morgan fingerprint density at radius 2 is 1.85 bits per heavy atom. The van der Waals surface area contributed by atoms with Crippen molar-refractivity contribution in [1.82, 2.24) is 14.4 Å². The molecule has 3 amide bonds. The standard InChI is InChI=1S/C21H23FN4O6S2/c1-3-7-26-16-6-5-15(22)12-17(16)33-20(26)23-18(27)13-34(30,31)14-19(28)24-8-10-25(11-9-24)21(29)32-4-2/h1,5-6,12H,4,7-11,13-14H2,2H3. The Bertz CT molecular complexity index is 1320. The first-order valence-electron chi connectivity index (χ1n) is 10.3. The van der Waals surface area contributed by atoms with E-state index in [1.54, 1.807) is 6.92 Å². The van der Waals surface area contributed by atoms with E-state index < -0.39 is 45.1 Å². The molecular formula is C21H23FN4O6S2. The lowest BCUT2D eigenvalue weighted by atomic mass is 10.3. The Morgan fingerprint density at radius 1 is 1.18 bits per heavy atom. The molecule has 34 heavy (non-hydrogen) atoms. The molecule has 10 nitrogen and oxygen atoms in total. The highest BCUT2D eigenvalue weighted by Gasteiger charge is 2.28. The molecule has 1 aliphatic heterocycles. The molecular weight excluding hydrogens is 487 g/mol. The van der Waals surface area contributed by atoms with Crippen LogP contribution in [0.3, 0.4) is 0 Å². The third-order valence-electron chi connectivity index (χ3n) is 4.96. The summed E-state index contributed by atoms with van der Waals surface area (Å²) >= 11 is 1.00. The number of hydrogen-bond acceptors (Lipinski definition) is 7. The Kier molecular flexibility index (Phi) is 8.06. The lowest BCUT2D eigenvalue weighted by Gasteiger charge is -2.34. The third-order valence-corrected chi connectivity index (χ3v) is 7.37. The summed E-state index contributed by atoms with van der Waals surface area (Å²) in [5, 5.41) is 0. The van der Waals surface area contributed by atoms with Crippen molar-refractivity contribution in [2.24, 2.45) is 4.99 Å². The van der Waals surface area contributed by atoms with Gasteiger partial charge in [0.1, 0.15) is 17.3 Å². The maximum atomic E-state index is 13.5. The van der Waals surface area contributed by atoms with E-state index in [0.29, 0.717) is 10.2 Å². The van der Waals surface area contributed by atoms with Crippen molar-refractivity contribution in [2.75, 3.05) is 44.3 Å². The van der Waals surface area contributed by atoms with Crippen molar-refractivity contribution in [3.8, 4) is 12.3 Å². The summed E-state index contributed by atoms with van der Waals surface area (Å²) in [6.07, 6.45) is 4.89. The molecule has 1 aliphatic rings. The monoisotopic (exact) mass is 510 g/mol. The first-order valence-corrected chi connectivity index (χ1v) is 13.0. The predicted molar refractivity (Wildman–Crippen MR) is 123 cm³/mol. The highest BCUT2D eigenvalue weighted by Crippen LogP contribution is 2.18. The number of piperazine rings is 1. The zero-order valence-electron chi connectivity index (χ0n) is 18.4. The largest absolute Gasteiger partial charge is 0.450 e. The van der Waals surface area contributed by atoms with Crippen LogP contribution in [-0.2, 0) is 30.7 Å². The molecule has 1 fully saturated rings. The summed E-state index contributed by atoms with van der Waals surface area (Å²) < 4.78 is 45.4. The number of fused-ring (bicyclic) bond motifs is 1. The number of nitrogens with zero attached hydrogens (tertiary/aromatic N) is 4. The van der Waals surface area contributed by atoms with Crippen LogP contribution in [0.5, 0.6) is 0 Å². The predicted octanol–water partition coefficient (Wildman–Crippen LogP) is 0.618. The van der Waals surface area contributed by atoms with E-state index in [9.17, 15) is 27.2 Å². The number of ether oxygens (including phenoxy) is 1. The summed E-state index contributed by atoms with van der Waals surface area (Å²) in [4.78, 5) is 43.4. The Labute approximate surface area is 199 Å². The number of hydrogen-bond donors (Lipinski definition) is 0. The maximum absolute atomic E-state index is 13.5. The van der Waals surface area contributed by atoms with Gasteiger partial charge >= 0.3 is 6.09 Å². The van der Waals surface area contributed by atoms with Gasteiger partial charge in [0.05, 0.1) is 23.4 Å². The average Bonchev–Trinajstić information content (AvgIpc) is 3.09. The molecule has 3 rings (SSSR count). The van der Waals surface area contributed by atoms with Crippen molar-refractivity contribution in [3.63, 3.8) is 0 Å². The number of thiazole rings is 1. The van der Waals surface area contributed by atoms with Crippen molar-refractivity contribution in [2.45, 2.75) is 13.5 Å². The summed E-state index contributed by atoms with van der Waals surface area (Å²) in [6, 6.07) is 4.02. The van der Waals surface area contributed by atoms with Gasteiger partial charge in [-0.3, -0.25) is 9.59 Å². The second-order valence-corrected chi connectivity index (χ2v) is 10.5. The molecule has 0 spiro atoms. The van der Waals surface area contributed by atoms with Gasteiger partial charge in [0, 0.05) is 26.2 Å². The fourth-order valence-corrected chi connectivity index (χ4v) is 5.56. The summed E-state index contributed by atoms with van der Waals surface area (Å²) in [5.74, 6) is -1.47. The zero-order valence-corrected chi connectivity index (χ0v) is 20.0. The zero-order chi connectivity index (χ0) is 24.9. The van der Waals surface area contributed by atoms with Crippen molar-refractivity contribution < 1.29 is 31.9 Å². The molecule has 1 aromatic heterocycles. The van der Waals surface area contributed by atoms with Crippen LogP contribution in [0.1, 0.15) is 6.92 Å². The van der Waals surface area contributed by atoms with Crippen molar-refractivity contribution in [3.05, 3.63) is 28.8 Å². The van der Waals surface area contributed by atoms with Crippen LogP contribution in [0.4, 0.5) is 9.18 Å². The van der Waals surface area contributed by atoms with Gasteiger partial charge in [-0.2, -0.15) is 4.99 Å². The molecule has 0 bridgehead atoms. The highest BCUT2D eigenvalue weighted by atomic mass is 32.2. The lowest BCUT2D eigenvalue weighted by Crippen LogP contribution is -2.52. The van der Waals surface area contributed by atoms with Crippen LogP contribution in [-0.4, -0.2) is 85.0 Å². The molecule has 182 valence electrons. The molecule has 0 saturated carbocycles. The SMILES string of the molecule is C#CCn1c(=NC(=O)CS(=O)(=O)CC(=O)N2CCN(C(=O)OCC)CC2)sc2cc(F)ccc21. The summed E-state index contributed by atoms with van der Waals surface area (Å²) in [7, 11) is -4.09. The first kappa shape index (κ1) is 25.4. The second kappa shape index (κ2) is 10.8. The van der Waals surface area contributed by atoms with Crippen molar-refractivity contribution in [1.29, 1.82) is 0 Å². The molecule has 0 N–H and O–H groups in total. The van der Waals surface area contributed by atoms with Gasteiger partial charge in [-0.25, -0.2) is 17.6 Å². The van der Waals surface area contributed by atoms with Crippen molar-refractivity contribution >= 4 is 49.3 Å². The van der Waals surface area contributed by atoms with Crippen LogP contribution >= 0.6 is 11.3 Å². The Hall–Kier alpha value is -3.24. The topological polar surface area (TPSA) is 118 Å². The molecule has 2 aromatic rings. The fourth-order valence-electron chi connectivity index (χ4n) is 3.39. The molecule has 0 atom stereocenters. The number of rotatable bonds is 6. The average molecular weight is 511 g/mol. The highest BCUT2D eigenvalue weighted by molar-refractivity contribution is 7.92. The number of carbonyl (C=O) groups excluding carboxylic acids is 3. The molecule has 13 heteroatoms. The van der Waals surface area contributed by atoms with Crippen LogP contribution in [0.2, 0.25) is 0 Å². The Balaban J connectivity index is 1.67. The molecule has 2 heterocycles. The number of benzene rings is 1. The molecule has 1 saturated heterocycles. The minimum absolute atomic E-state index is 0.0563. The molecule has 0 unspecified atom stereocenters. The van der Waals surface area contributed by atoms with Crippen LogP contribution in [0.25, 0.3) is 10.2 Å². The van der Waals surface area contributed by atoms with E-state index in [0.717, 1.165) is 11.3 Å². The summed E-state index contributed by atoms with van der Waals surface area (Å²) in [6.45, 7) is 2.75. The van der Waals surface area contributed by atoms with E-state index in [2.05, 4.69) is 10.9 Å². The molecule has 0 radical (unpaired) electrons. The first-order chi connectivity index (χ1) is 16.1. The van der Waals surface area contributed by atoms with Gasteiger partial charge in [-0.05, 0) is 25.1 Å². The van der Waals surface area contributed by atoms with Gasteiger partial charge in [0.2, 0.25) is 5.91 Å². The number of terminal acetylenes is 1. The normalized spacial score (nSPS) is 14.8. The molecule has 1 aromatic carbocycles. The van der Waals surface area contributed by atoms with E-state index in [4.69, 9.17) is 11.2 Å². The maximum Gasteiger partial charge on any atom is 0.409 e. The number of amides is 3. The van der Waals surface area contributed by atoms with E-state index >= 15 is 0 Å². The second-order valence-electron chi connectivity index (χ2n) is 7.39. The summed E-state index contributed by atoms with van der Waals surface area (Å²) in [5.41, 5.74) is 0.566. The molecule has 0 aliphatic carbocycles. The minimum Gasteiger partial charge on any atom is -0.450 e. The number of halogens is 1. The van der Waals surface area contributed by atoms with E-state index in [-0.39, 0.29) is 44.1 Å². The van der Waals surface area contributed by atoms with E-state index in [1.807, 2.05) is 0 Å². The smallest absolute Gasteiger partial charge is 0.409 e. The minimum atomic E-state index is -4.09. The van der Waals surface area contributed by atoms with Gasteiger partial charge in [0.25, 0.3) is 5.91 Å². The van der Waals surface area contributed by atoms with Gasteiger partial charge in [-0.15, -0.1) is 6.42 Å². The quantitative estimate of drug-likeness (QED) is 0.526. The van der Waals surface area contributed by atoms with Gasteiger partial charge in [0.15, 0.2) is 14.6 Å². The number of sulfone groups is 1. The van der Waals surface area contributed by atoms with Crippen LogP contribution < -0.4 is 4.80 Å². The number of aromatic nitrogens is 1. The third kappa shape index (κ3) is 6.21. The lowest BCUT2D eigenvalue weighted by molar-refractivity contribution is -0.130. The van der Waals surface area contributed by atoms with Gasteiger partial charge < -0.3 is 19.1 Å².